The fourth-order valence-corrected chi connectivity index (χ4v) is 8.78. The SMILES string of the molecule is CCC(C)OC(=O)CCCOC(=O)CC[C@@H](C)[C@H]1CC[C@H]2[C@@H]3C(=O)C[C@@H]4CC(=O)CC[C@]4(C)[C@H]3CC(=O)[C@]12C. The van der Waals surface area contributed by atoms with Crippen LogP contribution < -0.4 is 0 Å². The van der Waals surface area contributed by atoms with E-state index in [4.69, 9.17) is 9.47 Å². The third kappa shape index (κ3) is 5.74. The molecule has 4 rings (SSSR count). The molecule has 9 atom stereocenters. The summed E-state index contributed by atoms with van der Waals surface area (Å²) in [6.07, 6.45) is 6.80. The molecule has 4 saturated carbocycles. The van der Waals surface area contributed by atoms with Gasteiger partial charge in [0, 0.05) is 49.9 Å². The standard InChI is InChI=1S/C32H48O7/c1-6-20(3)39-29(37)8-7-15-38-28(36)12-9-19(2)23-10-11-24-30-25(18-27(35)32(23,24)5)31(4)14-13-22(33)16-21(31)17-26(30)34/h19-21,23-25,30H,6-18H2,1-5H3/t19-,20?,21+,23-,24+,25+,30+,31+,32-/m1/s1. The van der Waals surface area contributed by atoms with Gasteiger partial charge in [-0.05, 0) is 80.5 Å². The summed E-state index contributed by atoms with van der Waals surface area (Å²) in [6, 6.07) is 0. The molecule has 4 fully saturated rings. The van der Waals surface area contributed by atoms with E-state index in [9.17, 15) is 24.0 Å². The highest BCUT2D eigenvalue weighted by Crippen LogP contribution is 2.66. The van der Waals surface area contributed by atoms with E-state index < -0.39 is 5.41 Å². The first-order valence-electron chi connectivity index (χ1n) is 15.3. The van der Waals surface area contributed by atoms with Crippen molar-refractivity contribution in [2.75, 3.05) is 6.61 Å². The van der Waals surface area contributed by atoms with Gasteiger partial charge >= 0.3 is 11.9 Å². The summed E-state index contributed by atoms with van der Waals surface area (Å²) in [5.41, 5.74) is -0.647. The largest absolute Gasteiger partial charge is 0.466 e. The molecule has 0 aromatic carbocycles. The Morgan fingerprint density at radius 3 is 2.44 bits per heavy atom. The molecule has 0 N–H and O–H groups in total. The van der Waals surface area contributed by atoms with Crippen molar-refractivity contribution in [1.29, 1.82) is 0 Å². The van der Waals surface area contributed by atoms with Gasteiger partial charge in [0.2, 0.25) is 0 Å². The Balaban J connectivity index is 1.32. The summed E-state index contributed by atoms with van der Waals surface area (Å²) in [5, 5.41) is 0. The molecule has 0 aromatic heterocycles. The van der Waals surface area contributed by atoms with Gasteiger partial charge in [-0.2, -0.15) is 0 Å². The first-order valence-corrected chi connectivity index (χ1v) is 15.3. The number of carbonyl (C=O) groups is 5. The fraction of sp³-hybridized carbons (Fsp3) is 0.844. The predicted molar refractivity (Wildman–Crippen MR) is 145 cm³/mol. The summed E-state index contributed by atoms with van der Waals surface area (Å²) in [4.78, 5) is 63.8. The number of hydrogen-bond donors (Lipinski definition) is 0. The number of hydrogen-bond acceptors (Lipinski definition) is 7. The van der Waals surface area contributed by atoms with E-state index in [1.54, 1.807) is 0 Å². The summed E-state index contributed by atoms with van der Waals surface area (Å²) < 4.78 is 10.6. The number of rotatable bonds is 10. The van der Waals surface area contributed by atoms with Crippen molar-refractivity contribution in [1.82, 2.24) is 0 Å². The van der Waals surface area contributed by atoms with Crippen LogP contribution in [0, 0.1) is 46.3 Å². The first kappa shape index (κ1) is 29.9. The second-order valence-electron chi connectivity index (χ2n) is 13.5. The van der Waals surface area contributed by atoms with Gasteiger partial charge in [-0.1, -0.05) is 27.7 Å². The molecule has 0 bridgehead atoms. The molecule has 4 aliphatic rings. The van der Waals surface area contributed by atoms with Gasteiger partial charge in [0.25, 0.3) is 0 Å². The maximum absolute atomic E-state index is 13.9. The van der Waals surface area contributed by atoms with Crippen LogP contribution in [0.5, 0.6) is 0 Å². The molecule has 0 aliphatic heterocycles. The van der Waals surface area contributed by atoms with Gasteiger partial charge in [0.15, 0.2) is 0 Å². The Labute approximate surface area is 233 Å². The van der Waals surface area contributed by atoms with Gasteiger partial charge in [0.1, 0.15) is 17.3 Å². The molecule has 7 nitrogen and oxygen atoms in total. The van der Waals surface area contributed by atoms with Gasteiger partial charge in [0.05, 0.1) is 12.7 Å². The Kier molecular flexibility index (Phi) is 9.07. The van der Waals surface area contributed by atoms with Crippen molar-refractivity contribution >= 4 is 29.3 Å². The lowest BCUT2D eigenvalue weighted by atomic mass is 9.44. The Morgan fingerprint density at radius 1 is 0.974 bits per heavy atom. The van der Waals surface area contributed by atoms with E-state index in [-0.39, 0.29) is 95.8 Å². The number of carbonyl (C=O) groups excluding carboxylic acids is 5. The summed E-state index contributed by atoms with van der Waals surface area (Å²) in [7, 11) is 0. The van der Waals surface area contributed by atoms with Crippen molar-refractivity contribution in [3.8, 4) is 0 Å². The molecule has 4 aliphatic carbocycles. The molecule has 0 amide bonds. The highest BCUT2D eigenvalue weighted by atomic mass is 16.5. The molecule has 0 aromatic rings. The minimum absolute atomic E-state index is 0.0499. The highest BCUT2D eigenvalue weighted by molar-refractivity contribution is 5.93. The van der Waals surface area contributed by atoms with Gasteiger partial charge < -0.3 is 9.47 Å². The molecule has 0 spiro atoms. The second kappa shape index (κ2) is 11.8. The smallest absolute Gasteiger partial charge is 0.306 e. The monoisotopic (exact) mass is 544 g/mol. The van der Waals surface area contributed by atoms with Gasteiger partial charge in [-0.25, -0.2) is 0 Å². The minimum Gasteiger partial charge on any atom is -0.466 e. The average Bonchev–Trinajstić information content (AvgIpc) is 3.25. The number of Topliss-reactive ketones (excluding diaryl/α,β-unsaturated/α-hetero) is 3. The van der Waals surface area contributed by atoms with Crippen molar-refractivity contribution in [3.05, 3.63) is 0 Å². The highest BCUT2D eigenvalue weighted by Gasteiger charge is 2.66. The maximum atomic E-state index is 13.9. The van der Waals surface area contributed by atoms with Crippen molar-refractivity contribution in [2.45, 2.75) is 118 Å². The normalized spacial score (nSPS) is 37.4. The topological polar surface area (TPSA) is 104 Å². The lowest BCUT2D eigenvalue weighted by Crippen LogP contribution is -2.60. The van der Waals surface area contributed by atoms with Gasteiger partial charge in [-0.3, -0.25) is 24.0 Å². The quantitative estimate of drug-likeness (QED) is 0.258. The maximum Gasteiger partial charge on any atom is 0.306 e. The number of esters is 2. The summed E-state index contributed by atoms with van der Waals surface area (Å²) in [5.74, 6) is 0.665. The lowest BCUT2D eigenvalue weighted by molar-refractivity contribution is -0.166. The van der Waals surface area contributed by atoms with E-state index >= 15 is 0 Å². The average molecular weight is 545 g/mol. The van der Waals surface area contributed by atoms with E-state index in [1.165, 1.54) is 0 Å². The second-order valence-corrected chi connectivity index (χ2v) is 13.5. The minimum atomic E-state index is -0.538. The van der Waals surface area contributed by atoms with Crippen LogP contribution in [0.3, 0.4) is 0 Å². The molecule has 1 unspecified atom stereocenters. The van der Waals surface area contributed by atoms with Crippen LogP contribution in [-0.4, -0.2) is 42.0 Å². The first-order chi connectivity index (χ1) is 18.4. The van der Waals surface area contributed by atoms with Crippen molar-refractivity contribution in [3.63, 3.8) is 0 Å². The molecule has 0 heterocycles. The van der Waals surface area contributed by atoms with Crippen LogP contribution in [0.4, 0.5) is 0 Å². The third-order valence-corrected chi connectivity index (χ3v) is 11.4. The van der Waals surface area contributed by atoms with Crippen LogP contribution in [0.25, 0.3) is 0 Å². The van der Waals surface area contributed by atoms with Crippen LogP contribution >= 0.6 is 0 Å². The van der Waals surface area contributed by atoms with Crippen molar-refractivity contribution < 1.29 is 33.4 Å². The Bertz CT molecular complexity index is 987. The van der Waals surface area contributed by atoms with E-state index in [0.717, 1.165) is 25.7 Å². The van der Waals surface area contributed by atoms with E-state index in [2.05, 4.69) is 20.8 Å². The fourth-order valence-electron chi connectivity index (χ4n) is 8.78. The van der Waals surface area contributed by atoms with E-state index in [0.29, 0.717) is 38.5 Å². The molecular formula is C32H48O7. The molecule has 7 heteroatoms. The molecule has 39 heavy (non-hydrogen) atoms. The predicted octanol–water partition coefficient (Wildman–Crippen LogP) is 5.65. The summed E-state index contributed by atoms with van der Waals surface area (Å²) in [6.45, 7) is 10.5. The number of fused-ring (bicyclic) bond motifs is 5. The van der Waals surface area contributed by atoms with Crippen molar-refractivity contribution in [2.24, 2.45) is 46.3 Å². The third-order valence-electron chi connectivity index (χ3n) is 11.4. The van der Waals surface area contributed by atoms with Crippen LogP contribution in [-0.2, 0) is 33.4 Å². The van der Waals surface area contributed by atoms with Crippen LogP contribution in [0.2, 0.25) is 0 Å². The lowest BCUT2D eigenvalue weighted by Gasteiger charge is -2.58. The Hall–Kier alpha value is -2.05. The zero-order chi connectivity index (χ0) is 28.5. The van der Waals surface area contributed by atoms with E-state index in [1.807, 2.05) is 13.8 Å². The zero-order valence-electron chi connectivity index (χ0n) is 24.6. The zero-order valence-corrected chi connectivity index (χ0v) is 24.6. The molecule has 0 saturated heterocycles. The number of ketones is 3. The molecule has 0 radical (unpaired) electrons. The van der Waals surface area contributed by atoms with Crippen LogP contribution in [0.15, 0.2) is 0 Å². The molecular weight excluding hydrogens is 496 g/mol. The van der Waals surface area contributed by atoms with Crippen LogP contribution in [0.1, 0.15) is 112 Å². The summed E-state index contributed by atoms with van der Waals surface area (Å²) >= 11 is 0. The van der Waals surface area contributed by atoms with Gasteiger partial charge in [-0.15, -0.1) is 0 Å². The number of ether oxygens (including phenoxy) is 2. The molecule has 218 valence electrons. The Morgan fingerprint density at radius 2 is 1.72 bits per heavy atom.